The third kappa shape index (κ3) is 6.44. The number of nitrogens with zero attached hydrogens (tertiary/aromatic N) is 3. The topological polar surface area (TPSA) is 95.7 Å². The second-order valence-electron chi connectivity index (χ2n) is 9.83. The zero-order valence-corrected chi connectivity index (χ0v) is 21.3. The Balaban J connectivity index is 0.000000747. The van der Waals surface area contributed by atoms with Gasteiger partial charge in [0, 0.05) is 35.1 Å². The highest BCUT2D eigenvalue weighted by atomic mass is 32.1. The third-order valence-corrected chi connectivity index (χ3v) is 8.34. The molecule has 0 atom stereocenters. The molecule has 1 saturated carbocycles. The van der Waals surface area contributed by atoms with Gasteiger partial charge in [-0.25, -0.2) is 9.78 Å². The highest BCUT2D eigenvalue weighted by molar-refractivity contribution is 7.12. The number of rotatable bonds is 4. The van der Waals surface area contributed by atoms with Crippen molar-refractivity contribution in [2.75, 3.05) is 6.54 Å². The Morgan fingerprint density at radius 1 is 1.14 bits per heavy atom. The number of carboxylic acid groups (broad SMARTS) is 2. The van der Waals surface area contributed by atoms with Gasteiger partial charge in [-0.3, -0.25) is 4.79 Å². The van der Waals surface area contributed by atoms with Crippen molar-refractivity contribution in [3.05, 3.63) is 51.5 Å². The Morgan fingerprint density at radius 2 is 1.84 bits per heavy atom. The second-order valence-corrected chi connectivity index (χ2v) is 11.0. The van der Waals surface area contributed by atoms with Crippen molar-refractivity contribution >= 4 is 34.4 Å². The highest BCUT2D eigenvalue weighted by Crippen LogP contribution is 2.37. The van der Waals surface area contributed by atoms with Crippen molar-refractivity contribution in [3.63, 3.8) is 0 Å². The molecule has 1 amide bonds. The quantitative estimate of drug-likeness (QED) is 0.397. The summed E-state index contributed by atoms with van der Waals surface area (Å²) in [5.74, 6) is 1.42. The van der Waals surface area contributed by atoms with Crippen LogP contribution in [-0.4, -0.2) is 43.3 Å². The Labute approximate surface area is 216 Å². The molecule has 2 N–H and O–H groups in total. The van der Waals surface area contributed by atoms with E-state index >= 15 is 0 Å². The van der Waals surface area contributed by atoms with Gasteiger partial charge in [0.05, 0.1) is 13.1 Å². The SMILES string of the molecule is C[C@H]1CC[C@@H](CC(=O)N2CCc3c(n(Cc4ccc(C(F)(F)F)s4)c4ncccc34)C2)CC1.O=C(O)O. The van der Waals surface area contributed by atoms with Gasteiger partial charge in [-0.15, -0.1) is 11.3 Å². The number of halogens is 3. The van der Waals surface area contributed by atoms with E-state index in [2.05, 4.69) is 11.9 Å². The summed E-state index contributed by atoms with van der Waals surface area (Å²) in [5.41, 5.74) is 2.95. The molecular weight excluding hydrogens is 507 g/mol. The number of carbonyl (C=O) groups is 2. The molecule has 5 rings (SSSR count). The molecule has 4 heterocycles. The Kier molecular flexibility index (Phi) is 8.11. The maximum atomic E-state index is 13.1. The van der Waals surface area contributed by atoms with Crippen molar-refractivity contribution in [2.45, 2.75) is 64.7 Å². The summed E-state index contributed by atoms with van der Waals surface area (Å²) in [4.78, 5) is 28.2. The number of pyridine rings is 1. The van der Waals surface area contributed by atoms with E-state index in [1.165, 1.54) is 18.4 Å². The van der Waals surface area contributed by atoms with Crippen LogP contribution in [0.5, 0.6) is 0 Å². The zero-order chi connectivity index (χ0) is 26.7. The molecule has 3 aromatic rings. The molecule has 1 aliphatic carbocycles. The first-order chi connectivity index (χ1) is 17.5. The van der Waals surface area contributed by atoms with Gasteiger partial charge in [0.2, 0.25) is 5.91 Å². The van der Waals surface area contributed by atoms with E-state index < -0.39 is 17.2 Å². The van der Waals surface area contributed by atoms with Crippen LogP contribution in [0.2, 0.25) is 0 Å². The summed E-state index contributed by atoms with van der Waals surface area (Å²) < 4.78 is 41.3. The lowest BCUT2D eigenvalue weighted by molar-refractivity contribution is -0.134. The minimum atomic E-state index is -4.33. The molecule has 1 fully saturated rings. The lowest BCUT2D eigenvalue weighted by Gasteiger charge is -2.31. The maximum absolute atomic E-state index is 13.1. The fourth-order valence-electron chi connectivity index (χ4n) is 5.32. The van der Waals surface area contributed by atoms with Gasteiger partial charge in [0.15, 0.2) is 0 Å². The predicted molar refractivity (Wildman–Crippen MR) is 134 cm³/mol. The summed E-state index contributed by atoms with van der Waals surface area (Å²) in [7, 11) is 0. The monoisotopic (exact) mass is 537 g/mol. The summed E-state index contributed by atoms with van der Waals surface area (Å²) in [6.07, 6.45) is 1.53. The Hall–Kier alpha value is -3.08. The first-order valence-electron chi connectivity index (χ1n) is 12.3. The minimum Gasteiger partial charge on any atom is -0.450 e. The number of hydrogen-bond acceptors (Lipinski definition) is 4. The van der Waals surface area contributed by atoms with E-state index in [0.29, 0.717) is 36.9 Å². The largest absolute Gasteiger partial charge is 0.503 e. The normalized spacial score (nSPS) is 19.7. The highest BCUT2D eigenvalue weighted by Gasteiger charge is 2.33. The van der Waals surface area contributed by atoms with E-state index in [0.717, 1.165) is 59.3 Å². The van der Waals surface area contributed by atoms with Gasteiger partial charge >= 0.3 is 12.3 Å². The van der Waals surface area contributed by atoms with E-state index in [9.17, 15) is 18.0 Å². The predicted octanol–water partition coefficient (Wildman–Crippen LogP) is 6.49. The molecule has 3 aromatic heterocycles. The molecule has 0 saturated heterocycles. The number of fused-ring (bicyclic) bond motifs is 3. The van der Waals surface area contributed by atoms with Crippen molar-refractivity contribution in [2.24, 2.45) is 11.8 Å². The molecule has 0 bridgehead atoms. The molecular formula is C26H30F3N3O4S. The average Bonchev–Trinajstić information content (AvgIpc) is 3.44. The Bertz CT molecular complexity index is 1260. The van der Waals surface area contributed by atoms with Crippen LogP contribution in [0.25, 0.3) is 11.0 Å². The van der Waals surface area contributed by atoms with Crippen molar-refractivity contribution in [1.82, 2.24) is 14.5 Å². The first-order valence-corrected chi connectivity index (χ1v) is 13.1. The summed E-state index contributed by atoms with van der Waals surface area (Å²) in [5, 5.41) is 15.0. The molecule has 37 heavy (non-hydrogen) atoms. The second kappa shape index (κ2) is 11.1. The third-order valence-electron chi connectivity index (χ3n) is 7.22. The standard InChI is InChI=1S/C25H28F3N3OS.CH2O3/c1-16-4-6-17(7-5-16)13-23(32)30-12-10-19-20-3-2-11-29-24(20)31(21(19)15-30)14-18-8-9-22(33-18)25(26,27)28;2-1(3)4/h2-3,8-9,11,16-17H,4-7,10,12-15H2,1H3;(H2,2,3,4)/t16-,17+;. The van der Waals surface area contributed by atoms with Crippen LogP contribution in [-0.2, 0) is 30.5 Å². The number of alkyl halides is 3. The maximum Gasteiger partial charge on any atom is 0.503 e. The van der Waals surface area contributed by atoms with E-state index in [1.54, 1.807) is 12.3 Å². The number of hydrogen-bond donors (Lipinski definition) is 2. The van der Waals surface area contributed by atoms with Crippen LogP contribution in [0.1, 0.15) is 60.0 Å². The molecule has 1 aliphatic heterocycles. The van der Waals surface area contributed by atoms with Crippen LogP contribution in [0, 0.1) is 11.8 Å². The number of aromatic nitrogens is 2. The molecule has 0 aromatic carbocycles. The average molecular weight is 538 g/mol. The fraction of sp³-hybridized carbons (Fsp3) is 0.500. The van der Waals surface area contributed by atoms with Gasteiger partial charge in [0.25, 0.3) is 0 Å². The number of carbonyl (C=O) groups excluding carboxylic acids is 1. The lowest BCUT2D eigenvalue weighted by atomic mass is 9.81. The van der Waals surface area contributed by atoms with E-state index in [-0.39, 0.29) is 5.91 Å². The molecule has 11 heteroatoms. The first kappa shape index (κ1) is 27.0. The zero-order valence-electron chi connectivity index (χ0n) is 20.5. The van der Waals surface area contributed by atoms with Crippen LogP contribution in [0.3, 0.4) is 0 Å². The van der Waals surface area contributed by atoms with Crippen molar-refractivity contribution in [3.8, 4) is 0 Å². The van der Waals surface area contributed by atoms with Gasteiger partial charge < -0.3 is 19.7 Å². The number of thiophene rings is 1. The number of amides is 1. The summed E-state index contributed by atoms with van der Waals surface area (Å²) in [6.45, 7) is 3.78. The smallest absolute Gasteiger partial charge is 0.450 e. The Morgan fingerprint density at radius 3 is 2.49 bits per heavy atom. The van der Waals surface area contributed by atoms with E-state index in [4.69, 9.17) is 15.0 Å². The minimum absolute atomic E-state index is 0.195. The molecule has 2 aliphatic rings. The van der Waals surface area contributed by atoms with Gasteiger partial charge in [-0.1, -0.05) is 19.8 Å². The molecule has 0 unspecified atom stereocenters. The van der Waals surface area contributed by atoms with Crippen molar-refractivity contribution < 1.29 is 33.0 Å². The molecule has 7 nitrogen and oxygen atoms in total. The van der Waals surface area contributed by atoms with Gasteiger partial charge in [0.1, 0.15) is 10.5 Å². The summed E-state index contributed by atoms with van der Waals surface area (Å²) in [6, 6.07) is 6.60. The van der Waals surface area contributed by atoms with Crippen LogP contribution in [0.4, 0.5) is 18.0 Å². The van der Waals surface area contributed by atoms with Crippen LogP contribution >= 0.6 is 11.3 Å². The van der Waals surface area contributed by atoms with Gasteiger partial charge in [-0.2, -0.15) is 13.2 Å². The van der Waals surface area contributed by atoms with E-state index in [1.807, 2.05) is 21.6 Å². The molecule has 200 valence electrons. The molecule has 0 radical (unpaired) electrons. The van der Waals surface area contributed by atoms with Crippen LogP contribution in [0.15, 0.2) is 30.5 Å². The summed E-state index contributed by atoms with van der Waals surface area (Å²) >= 11 is 0.774. The fourth-order valence-corrected chi connectivity index (χ4v) is 6.19. The van der Waals surface area contributed by atoms with Crippen LogP contribution < -0.4 is 0 Å². The molecule has 0 spiro atoms. The van der Waals surface area contributed by atoms with Crippen molar-refractivity contribution in [1.29, 1.82) is 0 Å². The lowest BCUT2D eigenvalue weighted by Crippen LogP contribution is -2.37. The van der Waals surface area contributed by atoms with Gasteiger partial charge in [-0.05, 0) is 60.9 Å².